The maximum absolute atomic E-state index is 5.72. The molecule has 1 rings (SSSR count). The van der Waals surface area contributed by atoms with Crippen LogP contribution in [0.25, 0.3) is 0 Å². The minimum absolute atomic E-state index is 0.200. The highest BCUT2D eigenvalue weighted by molar-refractivity contribution is 5.30. The summed E-state index contributed by atoms with van der Waals surface area (Å²) in [7, 11) is 3.72. The second-order valence-electron chi connectivity index (χ2n) is 4.86. The van der Waals surface area contributed by atoms with E-state index >= 15 is 0 Å². The number of hydrogen-bond donors (Lipinski definition) is 1. The van der Waals surface area contributed by atoms with Crippen LogP contribution in [0.15, 0.2) is 24.3 Å². The van der Waals surface area contributed by atoms with Crippen LogP contribution in [0.3, 0.4) is 0 Å². The van der Waals surface area contributed by atoms with Gasteiger partial charge in [0.1, 0.15) is 5.75 Å². The number of rotatable bonds is 7. The Hall–Kier alpha value is -1.06. The molecule has 0 aliphatic rings. The zero-order valence-electron chi connectivity index (χ0n) is 12.1. The van der Waals surface area contributed by atoms with Crippen molar-refractivity contribution in [1.82, 2.24) is 5.32 Å². The molecular formula is C15H25NO2. The predicted octanol–water partition coefficient (Wildman–Crippen LogP) is 3.16. The predicted molar refractivity (Wildman–Crippen MR) is 75.1 cm³/mol. The lowest BCUT2D eigenvalue weighted by Gasteiger charge is -2.21. The molecule has 0 aliphatic heterocycles. The molecule has 18 heavy (non-hydrogen) atoms. The second-order valence-corrected chi connectivity index (χ2v) is 4.86. The first-order valence-electron chi connectivity index (χ1n) is 6.53. The quantitative estimate of drug-likeness (QED) is 0.807. The van der Waals surface area contributed by atoms with Crippen LogP contribution in [0, 0.1) is 0 Å². The summed E-state index contributed by atoms with van der Waals surface area (Å²) in [6.45, 7) is 6.16. The first kappa shape index (κ1) is 15.0. The summed E-state index contributed by atoms with van der Waals surface area (Å²) in [6.07, 6.45) is 1.38. The minimum Gasteiger partial charge on any atom is -0.491 e. The molecule has 2 atom stereocenters. The van der Waals surface area contributed by atoms with E-state index in [1.165, 1.54) is 5.56 Å². The lowest BCUT2D eigenvalue weighted by Crippen LogP contribution is -2.22. The fourth-order valence-corrected chi connectivity index (χ4v) is 1.93. The Morgan fingerprint density at radius 2 is 1.94 bits per heavy atom. The number of methoxy groups -OCH3 is 1. The molecule has 2 unspecified atom stereocenters. The summed E-state index contributed by atoms with van der Waals surface area (Å²) in [6, 6.07) is 8.54. The minimum atomic E-state index is 0.200. The van der Waals surface area contributed by atoms with Gasteiger partial charge in [0.05, 0.1) is 12.2 Å². The van der Waals surface area contributed by atoms with Gasteiger partial charge in [-0.3, -0.25) is 0 Å². The average Bonchev–Trinajstić information content (AvgIpc) is 2.35. The van der Waals surface area contributed by atoms with E-state index in [9.17, 15) is 0 Å². The van der Waals surface area contributed by atoms with Crippen LogP contribution >= 0.6 is 0 Å². The van der Waals surface area contributed by atoms with Gasteiger partial charge in [0, 0.05) is 13.2 Å². The van der Waals surface area contributed by atoms with Gasteiger partial charge < -0.3 is 14.8 Å². The van der Waals surface area contributed by atoms with Crippen molar-refractivity contribution in [2.45, 2.75) is 45.4 Å². The topological polar surface area (TPSA) is 30.5 Å². The highest BCUT2D eigenvalue weighted by Crippen LogP contribution is 2.23. The molecule has 0 saturated carbocycles. The van der Waals surface area contributed by atoms with Gasteiger partial charge in [-0.25, -0.2) is 0 Å². The molecule has 0 saturated heterocycles. The van der Waals surface area contributed by atoms with E-state index in [0.29, 0.717) is 0 Å². The van der Waals surface area contributed by atoms with Crippen molar-refractivity contribution in [3.8, 4) is 5.75 Å². The summed E-state index contributed by atoms with van der Waals surface area (Å²) < 4.78 is 11.0. The highest BCUT2D eigenvalue weighted by Gasteiger charge is 2.14. The van der Waals surface area contributed by atoms with E-state index in [1.54, 1.807) is 7.11 Å². The molecule has 3 nitrogen and oxygen atoms in total. The van der Waals surface area contributed by atoms with Crippen molar-refractivity contribution >= 4 is 0 Å². The Bertz CT molecular complexity index is 352. The average molecular weight is 251 g/mol. The number of hydrogen-bond acceptors (Lipinski definition) is 3. The van der Waals surface area contributed by atoms with E-state index in [4.69, 9.17) is 9.47 Å². The standard InChI is InChI=1S/C15H25NO2/c1-11(2)18-14-8-6-7-13(10-14)15(16-4)9-12(3)17-5/h6-8,10-12,15-16H,9H2,1-5H3. The monoisotopic (exact) mass is 251 g/mol. The van der Waals surface area contributed by atoms with E-state index in [0.717, 1.165) is 12.2 Å². The number of ether oxygens (including phenoxy) is 2. The molecule has 0 aromatic heterocycles. The third-order valence-corrected chi connectivity index (χ3v) is 2.95. The molecule has 0 spiro atoms. The molecule has 1 aromatic rings. The summed E-state index contributed by atoms with van der Waals surface area (Å²) in [5, 5.41) is 3.33. The van der Waals surface area contributed by atoms with Crippen LogP contribution < -0.4 is 10.1 Å². The molecule has 0 radical (unpaired) electrons. The Kier molecular flexibility index (Phi) is 6.16. The number of benzene rings is 1. The Morgan fingerprint density at radius 3 is 2.50 bits per heavy atom. The van der Waals surface area contributed by atoms with Gasteiger partial charge in [-0.2, -0.15) is 0 Å². The van der Waals surface area contributed by atoms with Gasteiger partial charge in [0.15, 0.2) is 0 Å². The van der Waals surface area contributed by atoms with Crippen LogP contribution in [0.4, 0.5) is 0 Å². The van der Waals surface area contributed by atoms with Gasteiger partial charge in [-0.15, -0.1) is 0 Å². The molecule has 0 fully saturated rings. The SMILES string of the molecule is CNC(CC(C)OC)c1cccc(OC(C)C)c1. The van der Waals surface area contributed by atoms with Crippen molar-refractivity contribution in [3.63, 3.8) is 0 Å². The molecule has 0 bridgehead atoms. The van der Waals surface area contributed by atoms with E-state index < -0.39 is 0 Å². The van der Waals surface area contributed by atoms with Crippen LogP contribution in [-0.4, -0.2) is 26.4 Å². The summed E-state index contributed by atoms with van der Waals surface area (Å²) in [5.41, 5.74) is 1.24. The third kappa shape index (κ3) is 4.67. The van der Waals surface area contributed by atoms with Crippen LogP contribution in [-0.2, 0) is 4.74 Å². The molecule has 0 heterocycles. The smallest absolute Gasteiger partial charge is 0.120 e. The van der Waals surface area contributed by atoms with Crippen LogP contribution in [0.2, 0.25) is 0 Å². The van der Waals surface area contributed by atoms with E-state index in [2.05, 4.69) is 24.4 Å². The lowest BCUT2D eigenvalue weighted by atomic mass is 10.0. The van der Waals surface area contributed by atoms with Gasteiger partial charge in [-0.1, -0.05) is 12.1 Å². The highest BCUT2D eigenvalue weighted by atomic mass is 16.5. The van der Waals surface area contributed by atoms with Gasteiger partial charge in [0.2, 0.25) is 0 Å². The largest absolute Gasteiger partial charge is 0.491 e. The molecule has 102 valence electrons. The fourth-order valence-electron chi connectivity index (χ4n) is 1.93. The Balaban J connectivity index is 2.79. The summed E-state index contributed by atoms with van der Waals surface area (Å²) >= 11 is 0. The van der Waals surface area contributed by atoms with Crippen molar-refractivity contribution in [2.75, 3.05) is 14.2 Å². The molecule has 1 N–H and O–H groups in total. The normalized spacial score (nSPS) is 14.6. The molecule has 0 amide bonds. The maximum Gasteiger partial charge on any atom is 0.120 e. The van der Waals surface area contributed by atoms with Crippen molar-refractivity contribution in [2.24, 2.45) is 0 Å². The Labute approximate surface area is 110 Å². The van der Waals surface area contributed by atoms with Crippen molar-refractivity contribution in [3.05, 3.63) is 29.8 Å². The van der Waals surface area contributed by atoms with Gasteiger partial charge >= 0.3 is 0 Å². The zero-order chi connectivity index (χ0) is 13.5. The molecule has 1 aromatic carbocycles. The van der Waals surface area contributed by atoms with Crippen molar-refractivity contribution < 1.29 is 9.47 Å². The molecule has 3 heteroatoms. The summed E-state index contributed by atoms with van der Waals surface area (Å²) in [4.78, 5) is 0. The second kappa shape index (κ2) is 7.39. The molecular weight excluding hydrogens is 226 g/mol. The zero-order valence-corrected chi connectivity index (χ0v) is 12.1. The summed E-state index contributed by atoms with van der Waals surface area (Å²) in [5.74, 6) is 0.924. The van der Waals surface area contributed by atoms with E-state index in [1.807, 2.05) is 33.0 Å². The van der Waals surface area contributed by atoms with Crippen LogP contribution in [0.5, 0.6) is 5.75 Å². The lowest BCUT2D eigenvalue weighted by molar-refractivity contribution is 0.101. The van der Waals surface area contributed by atoms with Crippen LogP contribution in [0.1, 0.15) is 38.8 Å². The third-order valence-electron chi connectivity index (χ3n) is 2.95. The first-order valence-corrected chi connectivity index (χ1v) is 6.53. The first-order chi connectivity index (χ1) is 8.56. The number of nitrogens with one attached hydrogen (secondary N) is 1. The Morgan fingerprint density at radius 1 is 1.22 bits per heavy atom. The molecule has 0 aliphatic carbocycles. The van der Waals surface area contributed by atoms with Gasteiger partial charge in [-0.05, 0) is 51.9 Å². The maximum atomic E-state index is 5.72. The van der Waals surface area contributed by atoms with Gasteiger partial charge in [0.25, 0.3) is 0 Å². The fraction of sp³-hybridized carbons (Fsp3) is 0.600. The van der Waals surface area contributed by atoms with E-state index in [-0.39, 0.29) is 18.2 Å². The van der Waals surface area contributed by atoms with Crippen molar-refractivity contribution in [1.29, 1.82) is 0 Å².